The highest BCUT2D eigenvalue weighted by Gasteiger charge is 2.21. The van der Waals surface area contributed by atoms with Gasteiger partial charge in [0, 0.05) is 14.2 Å². The lowest BCUT2D eigenvalue weighted by Gasteiger charge is -2.37. The molecule has 3 nitrogen and oxygen atoms in total. The van der Waals surface area contributed by atoms with Gasteiger partial charge in [0.2, 0.25) is 0 Å². The van der Waals surface area contributed by atoms with Crippen molar-refractivity contribution in [1.82, 2.24) is 0 Å². The van der Waals surface area contributed by atoms with E-state index in [1.165, 1.54) is 178 Å². The number of quaternary nitrogens is 1. The van der Waals surface area contributed by atoms with Gasteiger partial charge >= 0.3 is 0 Å². The number of nitrogens with zero attached hydrogens (tertiary/aromatic N) is 1. The zero-order valence-electron chi connectivity index (χ0n) is 26.8. The normalized spacial score (nSPS) is 11.8. The summed E-state index contributed by atoms with van der Waals surface area (Å²) in [6.07, 6.45) is 31.7. The summed E-state index contributed by atoms with van der Waals surface area (Å²) in [4.78, 5) is 0. The predicted octanol–water partition coefficient (Wildman–Crippen LogP) is 7.15. The number of hydrogen-bond donors (Lipinski definition) is 0. The molecule has 38 heavy (non-hydrogen) atoms. The topological polar surface area (TPSA) is 18.5 Å². The van der Waals surface area contributed by atoms with Crippen LogP contribution in [0.15, 0.2) is 0 Å². The van der Waals surface area contributed by atoms with Gasteiger partial charge in [0.15, 0.2) is 0 Å². The monoisotopic (exact) mass is 575 g/mol. The van der Waals surface area contributed by atoms with Crippen molar-refractivity contribution in [2.45, 2.75) is 174 Å². The molecule has 0 heterocycles. The van der Waals surface area contributed by atoms with Crippen LogP contribution in [0.5, 0.6) is 0 Å². The largest absolute Gasteiger partial charge is 1.00 e. The number of hydrogen-bond acceptors (Lipinski definition) is 2. The summed E-state index contributed by atoms with van der Waals surface area (Å²) in [5.41, 5.74) is 0. The number of rotatable bonds is 31. The van der Waals surface area contributed by atoms with Crippen LogP contribution in [0, 0.1) is 0 Å². The highest BCUT2D eigenvalue weighted by atomic mass is 35.5. The van der Waals surface area contributed by atoms with Gasteiger partial charge in [-0.1, -0.05) is 129 Å². The van der Waals surface area contributed by atoms with Gasteiger partial charge in [0.05, 0.1) is 26.2 Å². The Bertz CT molecular complexity index is 433. The molecule has 0 unspecified atom stereocenters. The van der Waals surface area contributed by atoms with Crippen LogP contribution in [-0.4, -0.2) is 60.3 Å². The standard InChI is InChI=1S/C33H70NO2Si.ClH/c1-6-9-10-11-12-13-14-15-16-17-18-19-20-21-24-27-30-34(7-2,8-3)31-28-25-22-23-26-29-32-37-33(35-4)36-5;/h33H,6-32H2,1-5H3;1H/q+1;/p-1. The first kappa shape index (κ1) is 40.5. The molecule has 0 atom stereocenters. The fraction of sp³-hybridized carbons (Fsp3) is 1.00. The Morgan fingerprint density at radius 2 is 0.789 bits per heavy atom. The minimum Gasteiger partial charge on any atom is -1.00 e. The van der Waals surface area contributed by atoms with Crippen molar-refractivity contribution in [2.75, 3.05) is 40.4 Å². The lowest BCUT2D eigenvalue weighted by molar-refractivity contribution is -0.925. The number of unbranched alkanes of at least 4 members (excludes halogenated alkanes) is 20. The Morgan fingerprint density at radius 1 is 0.474 bits per heavy atom. The number of halogens is 1. The third-order valence-corrected chi connectivity index (χ3v) is 10.1. The molecule has 0 aliphatic heterocycles. The van der Waals surface area contributed by atoms with Gasteiger partial charge in [-0.05, 0) is 39.5 Å². The molecule has 5 heteroatoms. The van der Waals surface area contributed by atoms with Crippen LogP contribution in [0.2, 0.25) is 6.04 Å². The fourth-order valence-corrected chi connectivity index (χ4v) is 6.75. The Balaban J connectivity index is 0. The molecule has 0 amide bonds. The first-order chi connectivity index (χ1) is 18.2. The minimum atomic E-state index is 0. The molecule has 0 N–H and O–H groups in total. The molecule has 0 aromatic carbocycles. The van der Waals surface area contributed by atoms with E-state index in [0.717, 1.165) is 9.52 Å². The van der Waals surface area contributed by atoms with Gasteiger partial charge < -0.3 is 26.4 Å². The fourth-order valence-electron chi connectivity index (χ4n) is 5.73. The first-order valence-electron chi connectivity index (χ1n) is 16.8. The van der Waals surface area contributed by atoms with E-state index in [1.807, 2.05) is 0 Å². The zero-order chi connectivity index (χ0) is 27.3. The van der Waals surface area contributed by atoms with Gasteiger partial charge in [-0.25, -0.2) is 0 Å². The van der Waals surface area contributed by atoms with Crippen LogP contribution in [0.3, 0.4) is 0 Å². The van der Waals surface area contributed by atoms with Gasteiger partial charge in [-0.3, -0.25) is 0 Å². The van der Waals surface area contributed by atoms with Crippen LogP contribution < -0.4 is 12.4 Å². The highest BCUT2D eigenvalue weighted by molar-refractivity contribution is 6.36. The van der Waals surface area contributed by atoms with Gasteiger partial charge in [-0.15, -0.1) is 0 Å². The van der Waals surface area contributed by atoms with Crippen molar-refractivity contribution in [2.24, 2.45) is 0 Å². The average molecular weight is 576 g/mol. The summed E-state index contributed by atoms with van der Waals surface area (Å²) in [5.74, 6) is 0.0170. The van der Waals surface area contributed by atoms with E-state index in [0.29, 0.717) is 0 Å². The molecule has 0 aliphatic rings. The van der Waals surface area contributed by atoms with E-state index in [1.54, 1.807) is 14.2 Å². The van der Waals surface area contributed by atoms with Crippen molar-refractivity contribution < 1.29 is 26.4 Å². The second kappa shape index (κ2) is 31.9. The molecule has 0 saturated carbocycles. The molecular weight excluding hydrogens is 506 g/mol. The van der Waals surface area contributed by atoms with Crippen molar-refractivity contribution in [3.05, 3.63) is 0 Å². The Hall–Kier alpha value is 0.387. The Labute approximate surface area is 249 Å². The molecular formula is C33H70ClNO2Si. The molecule has 230 valence electrons. The smallest absolute Gasteiger partial charge is 0.136 e. The van der Waals surface area contributed by atoms with E-state index < -0.39 is 0 Å². The van der Waals surface area contributed by atoms with E-state index in [-0.39, 0.29) is 18.3 Å². The van der Waals surface area contributed by atoms with Crippen LogP contribution in [0.1, 0.15) is 162 Å². The SMILES string of the molecule is CCCCCCCCCCCCCCCCCC[N+](CC)(CC)CCCCCCCC[Si]C(OC)OC.[Cl-]. The molecule has 0 bridgehead atoms. The maximum absolute atomic E-state index is 5.29. The molecule has 2 radical (unpaired) electrons. The second-order valence-corrected chi connectivity index (χ2v) is 13.0. The molecule has 0 aromatic heterocycles. The van der Waals surface area contributed by atoms with E-state index in [9.17, 15) is 0 Å². The lowest BCUT2D eigenvalue weighted by atomic mass is 10.0. The lowest BCUT2D eigenvalue weighted by Crippen LogP contribution is -3.00. The van der Waals surface area contributed by atoms with Crippen molar-refractivity contribution in [3.8, 4) is 0 Å². The molecule has 0 fully saturated rings. The molecule has 0 saturated heterocycles. The predicted molar refractivity (Wildman–Crippen MR) is 167 cm³/mol. The van der Waals surface area contributed by atoms with E-state index >= 15 is 0 Å². The van der Waals surface area contributed by atoms with Crippen LogP contribution in [0.25, 0.3) is 0 Å². The summed E-state index contributed by atoms with van der Waals surface area (Å²) in [6, 6.07) is 1.25. The minimum absolute atomic E-state index is 0. The highest BCUT2D eigenvalue weighted by Crippen LogP contribution is 2.17. The van der Waals surface area contributed by atoms with Crippen molar-refractivity contribution in [3.63, 3.8) is 0 Å². The summed E-state index contributed by atoms with van der Waals surface area (Å²) in [7, 11) is 4.26. The number of ether oxygens (including phenoxy) is 2. The average Bonchev–Trinajstić information content (AvgIpc) is 2.93. The third-order valence-electron chi connectivity index (χ3n) is 8.63. The zero-order valence-corrected chi connectivity index (χ0v) is 28.6. The summed E-state index contributed by atoms with van der Waals surface area (Å²) < 4.78 is 11.9. The Kier molecular flexibility index (Phi) is 34.0. The Morgan fingerprint density at radius 3 is 1.11 bits per heavy atom. The quantitative estimate of drug-likeness (QED) is 0.0378. The van der Waals surface area contributed by atoms with Crippen LogP contribution in [-0.2, 0) is 9.47 Å². The summed E-state index contributed by atoms with van der Waals surface area (Å²) >= 11 is 0. The van der Waals surface area contributed by atoms with Gasteiger partial charge in [0.1, 0.15) is 15.4 Å². The second-order valence-electron chi connectivity index (χ2n) is 11.6. The van der Waals surface area contributed by atoms with Crippen LogP contribution in [0.4, 0.5) is 0 Å². The third kappa shape index (κ3) is 25.4. The summed E-state index contributed by atoms with van der Waals surface area (Å²) in [6.45, 7) is 12.6. The van der Waals surface area contributed by atoms with Gasteiger partial charge in [-0.2, -0.15) is 0 Å². The maximum atomic E-state index is 5.29. The molecule has 0 spiro atoms. The van der Waals surface area contributed by atoms with Gasteiger partial charge in [0.25, 0.3) is 0 Å². The molecule has 0 aliphatic carbocycles. The molecule has 0 rings (SSSR count). The maximum Gasteiger partial charge on any atom is 0.136 e. The molecule has 0 aromatic rings. The first-order valence-corrected chi connectivity index (χ1v) is 18.1. The van der Waals surface area contributed by atoms with E-state index in [2.05, 4.69) is 20.8 Å². The van der Waals surface area contributed by atoms with Crippen LogP contribution >= 0.6 is 0 Å². The van der Waals surface area contributed by atoms with E-state index in [4.69, 9.17) is 9.47 Å². The summed E-state index contributed by atoms with van der Waals surface area (Å²) in [5, 5.41) is 0. The number of methoxy groups -OCH3 is 2. The van der Waals surface area contributed by atoms with Crippen molar-refractivity contribution in [1.29, 1.82) is 0 Å². The van der Waals surface area contributed by atoms with Crippen molar-refractivity contribution >= 4 is 9.52 Å².